The second-order valence-electron chi connectivity index (χ2n) is 13.6. The van der Waals surface area contributed by atoms with E-state index in [1.54, 1.807) is 0 Å². The molecule has 0 bridgehead atoms. The average molecular weight is 666 g/mol. The Balaban J connectivity index is 1.10. The molecule has 0 saturated carbocycles. The minimum absolute atomic E-state index is 0.189. The van der Waals surface area contributed by atoms with Gasteiger partial charge in [0, 0.05) is 27.8 Å². The highest BCUT2D eigenvalue weighted by atomic mass is 16.5. The van der Waals surface area contributed by atoms with Crippen molar-refractivity contribution in [3.8, 4) is 62.6 Å². The van der Waals surface area contributed by atoms with E-state index in [2.05, 4.69) is 121 Å². The fourth-order valence-electron chi connectivity index (χ4n) is 8.35. The van der Waals surface area contributed by atoms with Crippen molar-refractivity contribution in [2.45, 2.75) is 11.8 Å². The lowest BCUT2D eigenvalue weighted by Gasteiger charge is -2.41. The van der Waals surface area contributed by atoms with Gasteiger partial charge in [-0.1, -0.05) is 146 Å². The fraction of sp³-hybridized carbons (Fsp3) is 0.0625. The Morgan fingerprint density at radius 1 is 0.558 bits per heavy atom. The largest absolute Gasteiger partial charge is 0.457 e. The zero-order chi connectivity index (χ0) is 34.6. The summed E-state index contributed by atoms with van der Waals surface area (Å²) in [6.45, 7) is 0. The van der Waals surface area contributed by atoms with Gasteiger partial charge in [-0.2, -0.15) is 5.26 Å². The average Bonchev–Trinajstić information content (AvgIpc) is 3.51. The van der Waals surface area contributed by atoms with Crippen molar-refractivity contribution >= 4 is 5.57 Å². The molecule has 2 atom stereocenters. The van der Waals surface area contributed by atoms with E-state index in [0.717, 1.165) is 61.8 Å². The van der Waals surface area contributed by atoms with Crippen LogP contribution in [0.2, 0.25) is 0 Å². The lowest BCUT2D eigenvalue weighted by atomic mass is 9.63. The molecule has 6 aromatic carbocycles. The lowest BCUT2D eigenvalue weighted by Crippen LogP contribution is -2.34. The number of ether oxygens (including phenoxy) is 1. The van der Waals surface area contributed by atoms with Crippen molar-refractivity contribution in [1.29, 1.82) is 5.26 Å². The van der Waals surface area contributed by atoms with Crippen LogP contribution < -0.4 is 4.74 Å². The normalized spacial score (nSPS) is 17.8. The van der Waals surface area contributed by atoms with Crippen molar-refractivity contribution in [1.82, 2.24) is 9.97 Å². The number of fused-ring (bicyclic) bond motifs is 8. The van der Waals surface area contributed by atoms with Gasteiger partial charge in [0.2, 0.25) is 0 Å². The third-order valence-electron chi connectivity index (χ3n) is 10.7. The molecule has 10 rings (SSSR count). The van der Waals surface area contributed by atoms with Crippen LogP contribution in [0.3, 0.4) is 0 Å². The van der Waals surface area contributed by atoms with E-state index in [1.165, 1.54) is 22.3 Å². The Hall–Kier alpha value is -6.83. The number of para-hydroxylation sites is 1. The van der Waals surface area contributed by atoms with Gasteiger partial charge in [-0.3, -0.25) is 0 Å². The Labute approximate surface area is 302 Å². The summed E-state index contributed by atoms with van der Waals surface area (Å²) in [7, 11) is 0. The first-order chi connectivity index (χ1) is 25.7. The number of nitrogens with zero attached hydrogens (tertiary/aromatic N) is 3. The lowest BCUT2D eigenvalue weighted by molar-refractivity contribution is 0.430. The molecule has 1 spiro atoms. The Kier molecular flexibility index (Phi) is 6.87. The maximum Gasteiger partial charge on any atom is 0.160 e. The topological polar surface area (TPSA) is 58.8 Å². The predicted octanol–water partition coefficient (Wildman–Crippen LogP) is 11.5. The maximum atomic E-state index is 10.1. The number of aromatic nitrogens is 2. The first kappa shape index (κ1) is 30.0. The van der Waals surface area contributed by atoms with E-state index >= 15 is 0 Å². The number of hydrogen-bond acceptors (Lipinski definition) is 4. The summed E-state index contributed by atoms with van der Waals surface area (Å²) in [5.74, 6) is 2.20. The predicted molar refractivity (Wildman–Crippen MR) is 206 cm³/mol. The van der Waals surface area contributed by atoms with Crippen molar-refractivity contribution in [3.05, 3.63) is 198 Å². The molecule has 4 heteroatoms. The minimum atomic E-state index is -0.575. The van der Waals surface area contributed by atoms with E-state index in [0.29, 0.717) is 12.2 Å². The summed E-state index contributed by atoms with van der Waals surface area (Å²) in [6.07, 6.45) is 4.89. The number of nitriles is 1. The van der Waals surface area contributed by atoms with Gasteiger partial charge in [-0.15, -0.1) is 0 Å². The SMILES string of the molecule is N#CC1C=CC2=C(C1)C1(c3ccccc3Oc3ccc(-c4ccc(-c5cc(-c6ccccc6)nc(-c6ccccc6)n5)cc4)cc31)c1ccccc12. The molecule has 2 aliphatic carbocycles. The van der Waals surface area contributed by atoms with E-state index in [4.69, 9.17) is 14.7 Å². The molecule has 0 fully saturated rings. The maximum absolute atomic E-state index is 10.1. The van der Waals surface area contributed by atoms with Crippen LogP contribution in [-0.4, -0.2) is 9.97 Å². The minimum Gasteiger partial charge on any atom is -0.457 e. The van der Waals surface area contributed by atoms with E-state index < -0.39 is 5.41 Å². The first-order valence-corrected chi connectivity index (χ1v) is 17.6. The number of hydrogen-bond donors (Lipinski definition) is 0. The van der Waals surface area contributed by atoms with Crippen LogP contribution >= 0.6 is 0 Å². The second-order valence-corrected chi connectivity index (χ2v) is 13.6. The number of benzene rings is 6. The molecule has 1 aliphatic heterocycles. The Bertz CT molecular complexity index is 2580. The molecule has 52 heavy (non-hydrogen) atoms. The first-order valence-electron chi connectivity index (χ1n) is 17.6. The zero-order valence-corrected chi connectivity index (χ0v) is 28.2. The molecule has 1 aromatic heterocycles. The van der Waals surface area contributed by atoms with Crippen molar-refractivity contribution in [3.63, 3.8) is 0 Å². The molecule has 4 nitrogen and oxygen atoms in total. The van der Waals surface area contributed by atoms with Crippen LogP contribution in [0, 0.1) is 17.2 Å². The highest BCUT2D eigenvalue weighted by molar-refractivity contribution is 5.93. The third-order valence-corrected chi connectivity index (χ3v) is 10.7. The summed E-state index contributed by atoms with van der Waals surface area (Å²) >= 11 is 0. The molecular formula is C48H31N3O. The van der Waals surface area contributed by atoms with Crippen molar-refractivity contribution < 1.29 is 4.74 Å². The quantitative estimate of drug-likeness (QED) is 0.188. The van der Waals surface area contributed by atoms with Gasteiger partial charge in [0.05, 0.1) is 28.8 Å². The second kappa shape index (κ2) is 11.9. The summed E-state index contributed by atoms with van der Waals surface area (Å²) < 4.78 is 6.66. The molecule has 0 N–H and O–H groups in total. The smallest absolute Gasteiger partial charge is 0.160 e. The molecule has 2 unspecified atom stereocenters. The van der Waals surface area contributed by atoms with Crippen molar-refractivity contribution in [2.24, 2.45) is 5.92 Å². The van der Waals surface area contributed by atoms with Crippen LogP contribution in [-0.2, 0) is 5.41 Å². The van der Waals surface area contributed by atoms with Crippen LogP contribution in [0.5, 0.6) is 11.5 Å². The monoisotopic (exact) mass is 665 g/mol. The van der Waals surface area contributed by atoms with E-state index in [1.807, 2.05) is 54.6 Å². The zero-order valence-electron chi connectivity index (χ0n) is 28.2. The summed E-state index contributed by atoms with van der Waals surface area (Å²) in [5, 5.41) is 10.1. The highest BCUT2D eigenvalue weighted by Gasteiger charge is 2.52. The van der Waals surface area contributed by atoms with Crippen molar-refractivity contribution in [2.75, 3.05) is 0 Å². The van der Waals surface area contributed by atoms with Crippen LogP contribution in [0.15, 0.2) is 175 Å². The van der Waals surface area contributed by atoms with E-state index in [9.17, 15) is 5.26 Å². The number of rotatable bonds is 4. The number of allylic oxidation sites excluding steroid dienone is 4. The summed E-state index contributed by atoms with van der Waals surface area (Å²) in [6, 6.07) is 57.3. The van der Waals surface area contributed by atoms with E-state index in [-0.39, 0.29) is 5.92 Å². The molecular weight excluding hydrogens is 635 g/mol. The fourth-order valence-corrected chi connectivity index (χ4v) is 8.35. The molecule has 0 radical (unpaired) electrons. The summed E-state index contributed by atoms with van der Waals surface area (Å²) in [4.78, 5) is 10.0. The Morgan fingerprint density at radius 2 is 1.15 bits per heavy atom. The van der Waals surface area contributed by atoms with Gasteiger partial charge in [-0.25, -0.2) is 9.97 Å². The molecule has 3 aliphatic rings. The molecule has 7 aromatic rings. The van der Waals surface area contributed by atoms with Gasteiger partial charge in [0.1, 0.15) is 11.5 Å². The van der Waals surface area contributed by atoms with Gasteiger partial charge in [0.15, 0.2) is 5.82 Å². The van der Waals surface area contributed by atoms with Crippen LogP contribution in [0.4, 0.5) is 0 Å². The van der Waals surface area contributed by atoms with Gasteiger partial charge < -0.3 is 4.74 Å². The molecule has 2 heterocycles. The molecule has 0 saturated heterocycles. The van der Waals surface area contributed by atoms with Crippen LogP contribution in [0.1, 0.15) is 28.7 Å². The third kappa shape index (κ3) is 4.60. The van der Waals surface area contributed by atoms with Gasteiger partial charge in [0.25, 0.3) is 0 Å². The van der Waals surface area contributed by atoms with Crippen LogP contribution in [0.25, 0.3) is 50.6 Å². The summed E-state index contributed by atoms with van der Waals surface area (Å²) in [5.41, 5.74) is 13.6. The highest BCUT2D eigenvalue weighted by Crippen LogP contribution is 2.63. The molecule has 244 valence electrons. The van der Waals surface area contributed by atoms with Gasteiger partial charge >= 0.3 is 0 Å². The van der Waals surface area contributed by atoms with Gasteiger partial charge in [-0.05, 0) is 64.1 Å². The molecule has 0 amide bonds. The Morgan fingerprint density at radius 3 is 1.90 bits per heavy atom. The standard InChI is InChI=1S/C48H31N3O/c49-30-31-19-25-38-37-15-7-8-16-39(37)48(41(38)27-31)40-17-9-10-18-45(40)52-46-26-24-36(28-42(46)48)32-20-22-34(23-21-32)44-29-43(33-11-3-1-4-12-33)50-47(51-44)35-13-5-2-6-14-35/h1-26,28-29,31H,27H2.